The van der Waals surface area contributed by atoms with E-state index < -0.39 is 0 Å². The number of anilines is 1. The molecule has 19 heavy (non-hydrogen) atoms. The van der Waals surface area contributed by atoms with Gasteiger partial charge in [0.25, 0.3) is 0 Å². The standard InChI is InChI=1S/C14H11Cl2N3/c1-9-12(13(16)19-14(17)18-9)7-3-5-10-4-2-6-11(15)8-10/h2,4,6,8H,7H2,1H3,(H2,17,18,19). The van der Waals surface area contributed by atoms with Gasteiger partial charge in [-0.1, -0.05) is 41.1 Å². The fourth-order valence-corrected chi connectivity index (χ4v) is 2.06. The van der Waals surface area contributed by atoms with Gasteiger partial charge in [-0.3, -0.25) is 0 Å². The molecule has 0 aliphatic carbocycles. The summed E-state index contributed by atoms with van der Waals surface area (Å²) in [7, 11) is 0. The topological polar surface area (TPSA) is 51.8 Å². The number of aryl methyl sites for hydroxylation is 1. The number of nitrogen functional groups attached to an aromatic ring is 1. The molecule has 0 fully saturated rings. The van der Waals surface area contributed by atoms with Crippen molar-refractivity contribution in [2.45, 2.75) is 13.3 Å². The number of rotatable bonds is 1. The quantitative estimate of drug-likeness (QED) is 0.648. The van der Waals surface area contributed by atoms with E-state index in [1.54, 1.807) is 0 Å². The maximum Gasteiger partial charge on any atom is 0.221 e. The molecule has 0 radical (unpaired) electrons. The number of hydrogen-bond donors (Lipinski definition) is 1. The Kier molecular flexibility index (Phi) is 4.26. The molecule has 0 saturated heterocycles. The monoisotopic (exact) mass is 291 g/mol. The van der Waals surface area contributed by atoms with Crippen molar-refractivity contribution in [1.29, 1.82) is 0 Å². The molecule has 2 rings (SSSR count). The molecular formula is C14H11Cl2N3. The van der Waals surface area contributed by atoms with Gasteiger partial charge in [0.2, 0.25) is 5.95 Å². The Labute approximate surface area is 121 Å². The van der Waals surface area contributed by atoms with E-state index in [2.05, 4.69) is 21.8 Å². The average Bonchev–Trinajstić information content (AvgIpc) is 2.32. The van der Waals surface area contributed by atoms with E-state index >= 15 is 0 Å². The summed E-state index contributed by atoms with van der Waals surface area (Å²) in [5.41, 5.74) is 7.91. The lowest BCUT2D eigenvalue weighted by Gasteiger charge is -2.03. The zero-order valence-corrected chi connectivity index (χ0v) is 11.8. The molecule has 5 heteroatoms. The second-order valence-electron chi connectivity index (χ2n) is 3.93. The first-order chi connectivity index (χ1) is 9.06. The fourth-order valence-electron chi connectivity index (χ4n) is 1.58. The number of hydrogen-bond acceptors (Lipinski definition) is 3. The van der Waals surface area contributed by atoms with Gasteiger partial charge in [-0.25, -0.2) is 9.97 Å². The van der Waals surface area contributed by atoms with Crippen LogP contribution in [0.5, 0.6) is 0 Å². The second-order valence-corrected chi connectivity index (χ2v) is 4.72. The van der Waals surface area contributed by atoms with Gasteiger partial charge in [-0.2, -0.15) is 0 Å². The van der Waals surface area contributed by atoms with Crippen LogP contribution in [-0.4, -0.2) is 9.97 Å². The summed E-state index contributed by atoms with van der Waals surface area (Å²) in [6.45, 7) is 1.83. The molecule has 0 atom stereocenters. The molecule has 0 bridgehead atoms. The highest BCUT2D eigenvalue weighted by Crippen LogP contribution is 2.17. The van der Waals surface area contributed by atoms with Gasteiger partial charge in [-0.05, 0) is 25.1 Å². The lowest BCUT2D eigenvalue weighted by Crippen LogP contribution is -2.02. The molecule has 0 unspecified atom stereocenters. The Balaban J connectivity index is 2.20. The molecule has 2 N–H and O–H groups in total. The fraction of sp³-hybridized carbons (Fsp3) is 0.143. The normalized spacial score (nSPS) is 9.84. The number of aromatic nitrogens is 2. The highest BCUT2D eigenvalue weighted by Gasteiger charge is 2.06. The molecule has 3 nitrogen and oxygen atoms in total. The first kappa shape index (κ1) is 13.7. The predicted octanol–water partition coefficient (Wildman–Crippen LogP) is 3.27. The Bertz CT molecular complexity index is 649. The van der Waals surface area contributed by atoms with Crippen molar-refractivity contribution < 1.29 is 0 Å². The molecular weight excluding hydrogens is 281 g/mol. The Morgan fingerprint density at radius 1 is 1.26 bits per heavy atom. The Morgan fingerprint density at radius 2 is 2.05 bits per heavy atom. The van der Waals surface area contributed by atoms with Crippen molar-refractivity contribution in [3.05, 3.63) is 51.3 Å². The number of nitrogens with zero attached hydrogens (tertiary/aromatic N) is 2. The average molecular weight is 292 g/mol. The lowest BCUT2D eigenvalue weighted by molar-refractivity contribution is 1.05. The third kappa shape index (κ3) is 3.60. The van der Waals surface area contributed by atoms with Crippen LogP contribution in [0.15, 0.2) is 24.3 Å². The van der Waals surface area contributed by atoms with Gasteiger partial charge in [0.1, 0.15) is 5.15 Å². The van der Waals surface area contributed by atoms with Crippen molar-refractivity contribution in [2.24, 2.45) is 0 Å². The maximum absolute atomic E-state index is 6.02. The van der Waals surface area contributed by atoms with E-state index in [-0.39, 0.29) is 5.95 Å². The molecule has 1 aromatic heterocycles. The SMILES string of the molecule is Cc1nc(N)nc(Cl)c1CC#Cc1cccc(Cl)c1. The zero-order valence-electron chi connectivity index (χ0n) is 10.2. The maximum atomic E-state index is 6.02. The van der Waals surface area contributed by atoms with E-state index in [1.165, 1.54) is 0 Å². The predicted molar refractivity (Wildman–Crippen MR) is 78.2 cm³/mol. The third-order valence-corrected chi connectivity index (χ3v) is 3.05. The van der Waals surface area contributed by atoms with Crippen LogP contribution in [0.25, 0.3) is 0 Å². The lowest BCUT2D eigenvalue weighted by atomic mass is 10.1. The van der Waals surface area contributed by atoms with E-state index in [1.807, 2.05) is 31.2 Å². The van der Waals surface area contributed by atoms with E-state index in [9.17, 15) is 0 Å². The van der Waals surface area contributed by atoms with Crippen LogP contribution in [0.1, 0.15) is 16.8 Å². The summed E-state index contributed by atoms with van der Waals surface area (Å²) < 4.78 is 0. The van der Waals surface area contributed by atoms with Crippen LogP contribution >= 0.6 is 23.2 Å². The minimum atomic E-state index is 0.175. The van der Waals surface area contributed by atoms with Gasteiger partial charge in [0.05, 0.1) is 0 Å². The van der Waals surface area contributed by atoms with Crippen molar-refractivity contribution in [1.82, 2.24) is 9.97 Å². The zero-order chi connectivity index (χ0) is 13.8. The Morgan fingerprint density at radius 3 is 2.74 bits per heavy atom. The molecule has 2 aromatic rings. The van der Waals surface area contributed by atoms with Gasteiger partial charge in [0, 0.05) is 28.3 Å². The summed E-state index contributed by atoms with van der Waals surface area (Å²) >= 11 is 11.9. The molecule has 0 aliphatic heterocycles. The second kappa shape index (κ2) is 5.92. The highest BCUT2D eigenvalue weighted by atomic mass is 35.5. The summed E-state index contributed by atoms with van der Waals surface area (Å²) in [6.07, 6.45) is 0.470. The van der Waals surface area contributed by atoms with E-state index in [4.69, 9.17) is 28.9 Å². The smallest absolute Gasteiger partial charge is 0.221 e. The number of nitrogens with two attached hydrogens (primary N) is 1. The summed E-state index contributed by atoms with van der Waals surface area (Å²) in [6, 6.07) is 7.37. The van der Waals surface area contributed by atoms with Crippen LogP contribution in [0.4, 0.5) is 5.95 Å². The van der Waals surface area contributed by atoms with Gasteiger partial charge >= 0.3 is 0 Å². The molecule has 1 heterocycles. The van der Waals surface area contributed by atoms with Crippen molar-refractivity contribution in [2.75, 3.05) is 5.73 Å². The van der Waals surface area contributed by atoms with Crippen LogP contribution in [0.3, 0.4) is 0 Å². The summed E-state index contributed by atoms with van der Waals surface area (Å²) in [5, 5.41) is 1.02. The number of benzene rings is 1. The van der Waals surface area contributed by atoms with Crippen LogP contribution in [-0.2, 0) is 6.42 Å². The summed E-state index contributed by atoms with van der Waals surface area (Å²) in [5.74, 6) is 6.23. The molecule has 96 valence electrons. The van der Waals surface area contributed by atoms with E-state index in [0.29, 0.717) is 16.6 Å². The minimum Gasteiger partial charge on any atom is -0.368 e. The first-order valence-corrected chi connectivity index (χ1v) is 6.35. The van der Waals surface area contributed by atoms with Gasteiger partial charge < -0.3 is 5.73 Å². The third-order valence-electron chi connectivity index (χ3n) is 2.50. The minimum absolute atomic E-state index is 0.175. The molecule has 0 amide bonds. The first-order valence-electron chi connectivity index (χ1n) is 5.59. The van der Waals surface area contributed by atoms with Crippen LogP contribution < -0.4 is 5.73 Å². The Hall–Kier alpha value is -1.76. The van der Waals surface area contributed by atoms with Gasteiger partial charge in [0.15, 0.2) is 0 Å². The van der Waals surface area contributed by atoms with Crippen molar-refractivity contribution in [3.63, 3.8) is 0 Å². The largest absolute Gasteiger partial charge is 0.368 e. The van der Waals surface area contributed by atoms with Gasteiger partial charge in [-0.15, -0.1) is 0 Å². The van der Waals surface area contributed by atoms with E-state index in [0.717, 1.165) is 16.8 Å². The molecule has 0 aliphatic rings. The van der Waals surface area contributed by atoms with Crippen molar-refractivity contribution >= 4 is 29.2 Å². The van der Waals surface area contributed by atoms with Crippen LogP contribution in [0.2, 0.25) is 10.2 Å². The number of halogens is 2. The molecule has 0 saturated carbocycles. The van der Waals surface area contributed by atoms with Crippen LogP contribution in [0, 0.1) is 18.8 Å². The molecule has 0 spiro atoms. The van der Waals surface area contributed by atoms with Crippen molar-refractivity contribution in [3.8, 4) is 11.8 Å². The molecule has 1 aromatic carbocycles. The highest BCUT2D eigenvalue weighted by molar-refractivity contribution is 6.30. The summed E-state index contributed by atoms with van der Waals surface area (Å²) in [4.78, 5) is 7.98.